The molecule has 1 saturated heterocycles. The number of hydrogen-bond acceptors (Lipinski definition) is 5. The summed E-state index contributed by atoms with van der Waals surface area (Å²) < 4.78 is 13.2. The first-order chi connectivity index (χ1) is 16.1. The molecule has 1 N–H and O–H groups in total. The number of carbonyl (C=O) groups excluding carboxylic acids is 1. The van der Waals surface area contributed by atoms with Crippen molar-refractivity contribution < 1.29 is 9.18 Å². The highest BCUT2D eigenvalue weighted by Gasteiger charge is 2.33. The molecule has 5 rings (SSSR count). The molecule has 2 aliphatic rings. The van der Waals surface area contributed by atoms with Crippen LogP contribution in [0.15, 0.2) is 53.6 Å². The number of nitrogens with zero attached hydrogens (tertiary/aromatic N) is 4. The number of nitrogens with one attached hydrogen (secondary N) is 1. The largest absolute Gasteiger partial charge is 0.332 e. The quantitative estimate of drug-likeness (QED) is 0.651. The normalized spacial score (nSPS) is 18.3. The van der Waals surface area contributed by atoms with E-state index in [9.17, 15) is 14.0 Å². The molecule has 0 saturated carbocycles. The van der Waals surface area contributed by atoms with Gasteiger partial charge in [0, 0.05) is 45.0 Å². The molecule has 33 heavy (non-hydrogen) atoms. The van der Waals surface area contributed by atoms with Gasteiger partial charge >= 0.3 is 0 Å². The molecule has 2 aliphatic heterocycles. The predicted octanol–water partition coefficient (Wildman–Crippen LogP) is 2.77. The van der Waals surface area contributed by atoms with Crippen LogP contribution in [0.5, 0.6) is 0 Å². The minimum absolute atomic E-state index is 0.0351. The summed E-state index contributed by atoms with van der Waals surface area (Å²) in [6, 6.07) is 9.71. The molecule has 2 aromatic heterocycles. The second-order valence-corrected chi connectivity index (χ2v) is 8.75. The first-order valence-electron chi connectivity index (χ1n) is 11.3. The number of aromatic nitrogens is 3. The smallest absolute Gasteiger partial charge is 0.255 e. The van der Waals surface area contributed by atoms with E-state index in [0.717, 1.165) is 42.8 Å². The Kier molecular flexibility index (Phi) is 6.00. The molecule has 0 spiro atoms. The summed E-state index contributed by atoms with van der Waals surface area (Å²) in [5, 5.41) is 0. The highest BCUT2D eigenvalue weighted by molar-refractivity contribution is 5.79. The van der Waals surface area contributed by atoms with Gasteiger partial charge in [-0.15, -0.1) is 0 Å². The van der Waals surface area contributed by atoms with Gasteiger partial charge in [-0.25, -0.2) is 9.37 Å². The number of amides is 1. The predicted molar refractivity (Wildman–Crippen MR) is 121 cm³/mol. The maximum atomic E-state index is 13.2. The second kappa shape index (κ2) is 9.23. The van der Waals surface area contributed by atoms with Gasteiger partial charge in [0.25, 0.3) is 5.56 Å². The van der Waals surface area contributed by atoms with Gasteiger partial charge in [-0.05, 0) is 42.2 Å². The average Bonchev–Trinajstić information content (AvgIpc) is 3.32. The molecule has 1 aromatic carbocycles. The number of H-pyrrole nitrogens is 1. The Bertz CT molecular complexity index is 1200. The highest BCUT2D eigenvalue weighted by Crippen LogP contribution is 2.31. The van der Waals surface area contributed by atoms with Crippen molar-refractivity contribution in [2.45, 2.75) is 44.8 Å². The Morgan fingerprint density at radius 1 is 1.15 bits per heavy atom. The monoisotopic (exact) mass is 447 g/mol. The Morgan fingerprint density at radius 2 is 2.00 bits per heavy atom. The maximum absolute atomic E-state index is 13.2. The number of halogens is 1. The van der Waals surface area contributed by atoms with Crippen LogP contribution in [0.1, 0.15) is 47.1 Å². The Balaban J connectivity index is 1.31. The minimum atomic E-state index is -0.319. The molecule has 0 bridgehead atoms. The van der Waals surface area contributed by atoms with Gasteiger partial charge in [-0.2, -0.15) is 0 Å². The van der Waals surface area contributed by atoms with Crippen LogP contribution in [0.25, 0.3) is 0 Å². The molecule has 170 valence electrons. The van der Waals surface area contributed by atoms with Crippen LogP contribution >= 0.6 is 0 Å². The molecule has 3 aromatic rings. The summed E-state index contributed by atoms with van der Waals surface area (Å²) in [7, 11) is 0. The lowest BCUT2D eigenvalue weighted by Gasteiger charge is -2.29. The fraction of sp³-hybridized carbons (Fsp3) is 0.360. The lowest BCUT2D eigenvalue weighted by molar-refractivity contribution is -0.131. The van der Waals surface area contributed by atoms with E-state index in [2.05, 4.69) is 14.9 Å². The van der Waals surface area contributed by atoms with Gasteiger partial charge < -0.3 is 9.88 Å². The Labute approximate surface area is 191 Å². The van der Waals surface area contributed by atoms with Crippen molar-refractivity contribution in [3.05, 3.63) is 93.2 Å². The fourth-order valence-corrected chi connectivity index (χ4v) is 4.77. The standard InChI is InChI=1S/C25H26FN5O2/c26-19-7-5-17(6-8-19)13-23(32)31-11-2-4-22(31)24-28-21-9-12-30(16-20(21)25(33)29-24)15-18-3-1-10-27-14-18/h1,3,5-8,10,14,22H,2,4,9,11-13,15-16H2,(H,28,29,33)/t22-/m0/s1. The number of benzene rings is 1. The first kappa shape index (κ1) is 21.5. The van der Waals surface area contributed by atoms with Crippen molar-refractivity contribution in [1.29, 1.82) is 0 Å². The number of hydrogen-bond donors (Lipinski definition) is 1. The van der Waals surface area contributed by atoms with Gasteiger partial charge in [0.15, 0.2) is 0 Å². The third-order valence-corrected chi connectivity index (χ3v) is 6.45. The summed E-state index contributed by atoms with van der Waals surface area (Å²) in [5.74, 6) is 0.219. The number of carbonyl (C=O) groups is 1. The van der Waals surface area contributed by atoms with Crippen LogP contribution in [-0.4, -0.2) is 43.7 Å². The second-order valence-electron chi connectivity index (χ2n) is 8.75. The maximum Gasteiger partial charge on any atom is 0.255 e. The first-order valence-corrected chi connectivity index (χ1v) is 11.3. The summed E-state index contributed by atoms with van der Waals surface area (Å²) in [4.78, 5) is 41.9. The number of rotatable bonds is 5. The molecule has 0 unspecified atom stereocenters. The third-order valence-electron chi connectivity index (χ3n) is 6.45. The summed E-state index contributed by atoms with van der Waals surface area (Å²) in [6.45, 7) is 2.73. The van der Waals surface area contributed by atoms with Crippen LogP contribution in [0.3, 0.4) is 0 Å². The fourth-order valence-electron chi connectivity index (χ4n) is 4.77. The van der Waals surface area contributed by atoms with E-state index in [1.54, 1.807) is 23.2 Å². The van der Waals surface area contributed by atoms with Crippen molar-refractivity contribution >= 4 is 5.91 Å². The van der Waals surface area contributed by atoms with Gasteiger partial charge in [0.1, 0.15) is 11.6 Å². The highest BCUT2D eigenvalue weighted by atomic mass is 19.1. The molecule has 7 nitrogen and oxygen atoms in total. The van der Waals surface area contributed by atoms with Gasteiger partial charge in [0.05, 0.1) is 23.7 Å². The molecule has 8 heteroatoms. The van der Waals surface area contributed by atoms with E-state index < -0.39 is 0 Å². The van der Waals surface area contributed by atoms with E-state index in [0.29, 0.717) is 30.9 Å². The van der Waals surface area contributed by atoms with Crippen LogP contribution in [0.4, 0.5) is 4.39 Å². The average molecular weight is 448 g/mol. The van der Waals surface area contributed by atoms with E-state index in [1.807, 2.05) is 18.3 Å². The van der Waals surface area contributed by atoms with Crippen LogP contribution in [0, 0.1) is 5.82 Å². The lowest BCUT2D eigenvalue weighted by atomic mass is 10.1. The van der Waals surface area contributed by atoms with E-state index in [-0.39, 0.29) is 29.7 Å². The zero-order chi connectivity index (χ0) is 22.8. The zero-order valence-corrected chi connectivity index (χ0v) is 18.3. The molecule has 0 radical (unpaired) electrons. The van der Waals surface area contributed by atoms with Crippen LogP contribution in [-0.2, 0) is 30.7 Å². The van der Waals surface area contributed by atoms with Crippen LogP contribution in [0.2, 0.25) is 0 Å². The lowest BCUT2D eigenvalue weighted by Crippen LogP contribution is -2.38. The van der Waals surface area contributed by atoms with Crippen molar-refractivity contribution in [3.8, 4) is 0 Å². The molecule has 0 aliphatic carbocycles. The van der Waals surface area contributed by atoms with Crippen molar-refractivity contribution in [3.63, 3.8) is 0 Å². The summed E-state index contributed by atoms with van der Waals surface area (Å²) >= 11 is 0. The molecule has 1 amide bonds. The van der Waals surface area contributed by atoms with Crippen molar-refractivity contribution in [2.75, 3.05) is 13.1 Å². The third kappa shape index (κ3) is 4.71. The van der Waals surface area contributed by atoms with Crippen molar-refractivity contribution in [1.82, 2.24) is 24.8 Å². The Morgan fingerprint density at radius 3 is 2.79 bits per heavy atom. The molecular weight excluding hydrogens is 421 g/mol. The molecule has 4 heterocycles. The van der Waals surface area contributed by atoms with E-state index in [1.165, 1.54) is 12.1 Å². The van der Waals surface area contributed by atoms with E-state index in [4.69, 9.17) is 4.98 Å². The zero-order valence-electron chi connectivity index (χ0n) is 18.3. The van der Waals surface area contributed by atoms with E-state index >= 15 is 0 Å². The van der Waals surface area contributed by atoms with Gasteiger partial charge in [0.2, 0.25) is 5.91 Å². The Hall–Kier alpha value is -3.39. The topological polar surface area (TPSA) is 82.2 Å². The summed E-state index contributed by atoms with van der Waals surface area (Å²) in [6.07, 6.45) is 6.13. The molecule has 1 fully saturated rings. The number of pyridine rings is 1. The van der Waals surface area contributed by atoms with Gasteiger partial charge in [-0.1, -0.05) is 18.2 Å². The van der Waals surface area contributed by atoms with Crippen molar-refractivity contribution in [2.24, 2.45) is 0 Å². The molecule has 1 atom stereocenters. The number of likely N-dealkylation sites (tertiary alicyclic amines) is 1. The number of fused-ring (bicyclic) bond motifs is 1. The summed E-state index contributed by atoms with van der Waals surface area (Å²) in [5.41, 5.74) is 3.30. The SMILES string of the molecule is O=C(Cc1ccc(F)cc1)N1CCC[C@H]1c1nc2c(c(=O)[nH]1)CN(Cc1cccnc1)CC2. The van der Waals surface area contributed by atoms with Crippen LogP contribution < -0.4 is 5.56 Å². The number of aromatic amines is 1. The molecular formula is C25H26FN5O2. The van der Waals surface area contributed by atoms with Gasteiger partial charge in [-0.3, -0.25) is 19.5 Å². The minimum Gasteiger partial charge on any atom is -0.332 e.